The average molecular weight is 185 g/mol. The fourth-order valence-corrected chi connectivity index (χ4v) is 2.50. The summed E-state index contributed by atoms with van der Waals surface area (Å²) in [4.78, 5) is 0. The van der Waals surface area contributed by atoms with Gasteiger partial charge in [-0.05, 0) is 45.1 Å². The summed E-state index contributed by atoms with van der Waals surface area (Å²) in [6.07, 6.45) is 5.32. The molecule has 0 heterocycles. The zero-order chi connectivity index (χ0) is 8.97. The van der Waals surface area contributed by atoms with Gasteiger partial charge in [-0.3, -0.25) is 0 Å². The van der Waals surface area contributed by atoms with Crippen LogP contribution < -0.4 is 5.73 Å². The summed E-state index contributed by atoms with van der Waals surface area (Å²) in [7, 11) is 0.696. The van der Waals surface area contributed by atoms with Crippen LogP contribution in [0.1, 0.15) is 39.5 Å². The zero-order valence-electron chi connectivity index (χ0n) is 8.05. The lowest BCUT2D eigenvalue weighted by Gasteiger charge is -2.25. The van der Waals surface area contributed by atoms with E-state index in [0.29, 0.717) is 21.9 Å². The molecule has 0 spiro atoms. The Morgan fingerprint density at radius 2 is 1.83 bits per heavy atom. The summed E-state index contributed by atoms with van der Waals surface area (Å²) < 4.78 is 5.60. The summed E-state index contributed by atoms with van der Waals surface area (Å²) in [5.74, 6) is 0. The minimum absolute atomic E-state index is 0.388. The summed E-state index contributed by atoms with van der Waals surface area (Å²) >= 11 is 0. The van der Waals surface area contributed by atoms with Crippen LogP contribution in [0.2, 0.25) is 5.54 Å². The van der Waals surface area contributed by atoms with Crippen LogP contribution >= 0.6 is 0 Å². The van der Waals surface area contributed by atoms with Gasteiger partial charge in [0.05, 0.1) is 0 Å². The predicted octanol–water partition coefficient (Wildman–Crippen LogP) is 1.72. The van der Waals surface area contributed by atoms with Gasteiger partial charge in [0.1, 0.15) is 0 Å². The lowest BCUT2D eigenvalue weighted by atomic mass is 9.96. The van der Waals surface area contributed by atoms with Gasteiger partial charge in [0.15, 0.2) is 0 Å². The molecule has 0 unspecified atom stereocenters. The predicted molar refractivity (Wildman–Crippen MR) is 52.2 cm³/mol. The van der Waals surface area contributed by atoms with Gasteiger partial charge >= 0.3 is 0 Å². The summed E-state index contributed by atoms with van der Waals surface area (Å²) in [5.41, 5.74) is 6.61. The molecule has 0 aromatic rings. The van der Waals surface area contributed by atoms with Crippen molar-refractivity contribution < 1.29 is 4.43 Å². The molecule has 12 heavy (non-hydrogen) atoms. The molecule has 2 nitrogen and oxygen atoms in total. The molecular weight excluding hydrogens is 166 g/mol. The highest BCUT2D eigenvalue weighted by Gasteiger charge is 2.20. The van der Waals surface area contributed by atoms with Gasteiger partial charge in [0.2, 0.25) is 9.76 Å². The summed E-state index contributed by atoms with van der Waals surface area (Å²) in [6, 6.07) is 0.463. The molecule has 1 fully saturated rings. The lowest BCUT2D eigenvalue weighted by molar-refractivity contribution is 0.244. The molecule has 0 aromatic carbocycles. The van der Waals surface area contributed by atoms with Crippen LogP contribution in [0.3, 0.4) is 0 Å². The summed E-state index contributed by atoms with van der Waals surface area (Å²) in [6.45, 7) is 4.20. The SMILES string of the molecule is CC(C)O[Si]C1CCC(N)CC1. The van der Waals surface area contributed by atoms with Gasteiger partial charge < -0.3 is 10.2 Å². The molecule has 70 valence electrons. The first-order valence-electron chi connectivity index (χ1n) is 4.85. The van der Waals surface area contributed by atoms with E-state index in [1.807, 2.05) is 0 Å². The van der Waals surface area contributed by atoms with Crippen LogP contribution in [0, 0.1) is 0 Å². The van der Waals surface area contributed by atoms with Gasteiger partial charge in [-0.2, -0.15) is 0 Å². The van der Waals surface area contributed by atoms with Crippen LogP contribution in [0.5, 0.6) is 0 Å². The zero-order valence-corrected chi connectivity index (χ0v) is 9.05. The standard InChI is InChI=1S/C9H19NOSi/c1-7(2)11-12-9-5-3-8(10)4-6-9/h7-9H,3-6,10H2,1-2H3. The third kappa shape index (κ3) is 3.69. The second-order valence-electron chi connectivity index (χ2n) is 3.90. The van der Waals surface area contributed by atoms with Crippen LogP contribution in [0.15, 0.2) is 0 Å². The number of hydrogen-bond acceptors (Lipinski definition) is 2. The molecule has 3 heteroatoms. The van der Waals surface area contributed by atoms with Gasteiger partial charge in [-0.25, -0.2) is 0 Å². The molecule has 0 atom stereocenters. The van der Waals surface area contributed by atoms with Crippen molar-refractivity contribution in [3.05, 3.63) is 0 Å². The quantitative estimate of drug-likeness (QED) is 0.680. The Morgan fingerprint density at radius 3 is 2.33 bits per heavy atom. The van der Waals surface area contributed by atoms with E-state index >= 15 is 0 Å². The molecule has 1 rings (SSSR count). The maximum Gasteiger partial charge on any atom is 0.233 e. The lowest BCUT2D eigenvalue weighted by Crippen LogP contribution is -2.27. The molecule has 0 bridgehead atoms. The molecule has 0 amide bonds. The maximum absolute atomic E-state index is 5.82. The monoisotopic (exact) mass is 185 g/mol. The van der Waals surface area contributed by atoms with Crippen molar-refractivity contribution in [1.82, 2.24) is 0 Å². The van der Waals surface area contributed by atoms with Crippen LogP contribution in [0.4, 0.5) is 0 Å². The van der Waals surface area contributed by atoms with Gasteiger partial charge in [0.25, 0.3) is 0 Å². The molecule has 1 aliphatic rings. The normalized spacial score (nSPS) is 31.0. The smallest absolute Gasteiger partial charge is 0.233 e. The van der Waals surface area contributed by atoms with Crippen LogP contribution in [-0.4, -0.2) is 21.9 Å². The largest absolute Gasteiger partial charge is 0.415 e. The van der Waals surface area contributed by atoms with E-state index < -0.39 is 0 Å². The summed E-state index contributed by atoms with van der Waals surface area (Å²) in [5, 5.41) is 0. The van der Waals surface area contributed by atoms with Crippen LogP contribution in [-0.2, 0) is 4.43 Å². The molecule has 0 aliphatic heterocycles. The first kappa shape index (κ1) is 10.2. The number of rotatable bonds is 3. The fraction of sp³-hybridized carbons (Fsp3) is 1.00. The van der Waals surface area contributed by atoms with E-state index in [1.165, 1.54) is 25.7 Å². The molecule has 2 N–H and O–H groups in total. The minimum Gasteiger partial charge on any atom is -0.415 e. The second-order valence-corrected chi connectivity index (χ2v) is 5.18. The molecule has 1 aliphatic carbocycles. The molecule has 0 saturated heterocycles. The van der Waals surface area contributed by atoms with Crippen molar-refractivity contribution in [2.75, 3.05) is 0 Å². The van der Waals surface area contributed by atoms with Crippen molar-refractivity contribution in [2.45, 2.75) is 57.2 Å². The van der Waals surface area contributed by atoms with E-state index in [4.69, 9.17) is 10.2 Å². The van der Waals surface area contributed by atoms with Crippen molar-refractivity contribution in [3.63, 3.8) is 0 Å². The Hall–Kier alpha value is 0.137. The third-order valence-electron chi connectivity index (χ3n) is 2.24. The first-order chi connectivity index (χ1) is 5.68. The number of nitrogens with two attached hydrogens (primary N) is 1. The third-order valence-corrected chi connectivity index (χ3v) is 3.76. The maximum atomic E-state index is 5.82. The van der Waals surface area contributed by atoms with E-state index in [9.17, 15) is 0 Å². The number of hydrogen-bond donors (Lipinski definition) is 1. The molecular formula is C9H19NOSi. The van der Waals surface area contributed by atoms with Crippen molar-refractivity contribution in [3.8, 4) is 0 Å². The average Bonchev–Trinajstić information content (AvgIpc) is 2.03. The Bertz CT molecular complexity index is 122. The Morgan fingerprint density at radius 1 is 1.25 bits per heavy atom. The Balaban J connectivity index is 2.09. The molecule has 1 saturated carbocycles. The first-order valence-corrected chi connectivity index (χ1v) is 5.84. The van der Waals surface area contributed by atoms with Gasteiger partial charge in [0, 0.05) is 12.1 Å². The highest BCUT2D eigenvalue weighted by Crippen LogP contribution is 2.27. The van der Waals surface area contributed by atoms with Crippen molar-refractivity contribution in [1.29, 1.82) is 0 Å². The van der Waals surface area contributed by atoms with Gasteiger partial charge in [-0.15, -0.1) is 0 Å². The van der Waals surface area contributed by atoms with E-state index in [2.05, 4.69) is 13.8 Å². The van der Waals surface area contributed by atoms with E-state index in [1.54, 1.807) is 0 Å². The van der Waals surface area contributed by atoms with Crippen LogP contribution in [0.25, 0.3) is 0 Å². The molecule has 0 aromatic heterocycles. The van der Waals surface area contributed by atoms with Gasteiger partial charge in [-0.1, -0.05) is 0 Å². The highest BCUT2D eigenvalue weighted by atomic mass is 28.2. The van der Waals surface area contributed by atoms with Crippen molar-refractivity contribution in [2.24, 2.45) is 5.73 Å². The minimum atomic E-state index is 0.388. The van der Waals surface area contributed by atoms with Crippen molar-refractivity contribution >= 4 is 9.76 Å². The highest BCUT2D eigenvalue weighted by molar-refractivity contribution is 6.29. The fourth-order valence-electron chi connectivity index (χ4n) is 1.47. The van der Waals surface area contributed by atoms with E-state index in [-0.39, 0.29) is 0 Å². The topological polar surface area (TPSA) is 35.2 Å². The second kappa shape index (κ2) is 4.99. The van der Waals surface area contributed by atoms with E-state index in [0.717, 1.165) is 5.54 Å². The Labute approximate surface area is 77.8 Å². The molecule has 2 radical (unpaired) electrons. The Kier molecular flexibility index (Phi) is 4.25.